The SMILES string of the molecule is Nc1cc2cn[nH]c2cc1C=O. The highest BCUT2D eigenvalue weighted by Gasteiger charge is 2.01. The number of nitrogens with two attached hydrogens (primary N) is 1. The molecule has 4 nitrogen and oxygen atoms in total. The minimum atomic E-state index is 0.485. The first-order valence-electron chi connectivity index (χ1n) is 3.49. The van der Waals surface area contributed by atoms with Gasteiger partial charge in [-0.3, -0.25) is 9.89 Å². The summed E-state index contributed by atoms with van der Waals surface area (Å²) in [5.74, 6) is 0. The number of nitrogen functional groups attached to an aromatic ring is 1. The van der Waals surface area contributed by atoms with Crippen LogP contribution in [0.3, 0.4) is 0 Å². The van der Waals surface area contributed by atoms with Crippen LogP contribution in [0, 0.1) is 0 Å². The number of benzene rings is 1. The summed E-state index contributed by atoms with van der Waals surface area (Å²) in [6.45, 7) is 0. The number of anilines is 1. The van der Waals surface area contributed by atoms with E-state index >= 15 is 0 Å². The molecular weight excluding hydrogens is 154 g/mol. The second-order valence-corrected chi connectivity index (χ2v) is 2.56. The van der Waals surface area contributed by atoms with E-state index in [1.807, 2.05) is 0 Å². The fraction of sp³-hybridized carbons (Fsp3) is 0. The summed E-state index contributed by atoms with van der Waals surface area (Å²) in [6, 6.07) is 3.41. The van der Waals surface area contributed by atoms with Crippen molar-refractivity contribution in [2.45, 2.75) is 0 Å². The number of nitrogens with one attached hydrogen (secondary N) is 1. The molecule has 0 atom stereocenters. The monoisotopic (exact) mass is 161 g/mol. The van der Waals surface area contributed by atoms with Gasteiger partial charge in [-0.25, -0.2) is 0 Å². The topological polar surface area (TPSA) is 71.8 Å². The quantitative estimate of drug-likeness (QED) is 0.483. The number of hydrogen-bond donors (Lipinski definition) is 2. The molecule has 1 aromatic carbocycles. The van der Waals surface area contributed by atoms with Gasteiger partial charge in [0.25, 0.3) is 0 Å². The van der Waals surface area contributed by atoms with Crippen LogP contribution in [0.4, 0.5) is 5.69 Å². The Labute approximate surface area is 68.4 Å². The Hall–Kier alpha value is -1.84. The van der Waals surface area contributed by atoms with Gasteiger partial charge in [0, 0.05) is 16.6 Å². The number of nitrogens with zero attached hydrogens (tertiary/aromatic N) is 1. The van der Waals surface area contributed by atoms with E-state index in [9.17, 15) is 4.79 Å². The van der Waals surface area contributed by atoms with Crippen LogP contribution in [0.1, 0.15) is 10.4 Å². The fourth-order valence-electron chi connectivity index (χ4n) is 1.13. The minimum Gasteiger partial charge on any atom is -0.398 e. The summed E-state index contributed by atoms with van der Waals surface area (Å²) in [7, 11) is 0. The van der Waals surface area contributed by atoms with Gasteiger partial charge in [0.15, 0.2) is 6.29 Å². The maximum absolute atomic E-state index is 10.5. The minimum absolute atomic E-state index is 0.485. The van der Waals surface area contributed by atoms with Gasteiger partial charge in [0.2, 0.25) is 0 Å². The highest BCUT2D eigenvalue weighted by molar-refractivity contribution is 5.92. The van der Waals surface area contributed by atoms with E-state index in [0.29, 0.717) is 11.3 Å². The van der Waals surface area contributed by atoms with Crippen LogP contribution in [0.5, 0.6) is 0 Å². The number of carbonyl (C=O) groups is 1. The van der Waals surface area contributed by atoms with Crippen LogP contribution in [0.25, 0.3) is 10.9 Å². The summed E-state index contributed by atoms with van der Waals surface area (Å²) in [5, 5.41) is 7.49. The normalized spacial score (nSPS) is 10.3. The molecule has 0 radical (unpaired) electrons. The molecule has 12 heavy (non-hydrogen) atoms. The van der Waals surface area contributed by atoms with Crippen LogP contribution >= 0.6 is 0 Å². The molecule has 4 heteroatoms. The predicted molar refractivity (Wildman–Crippen MR) is 45.9 cm³/mol. The lowest BCUT2D eigenvalue weighted by molar-refractivity contribution is 0.112. The Kier molecular flexibility index (Phi) is 1.33. The fourth-order valence-corrected chi connectivity index (χ4v) is 1.13. The van der Waals surface area contributed by atoms with Crippen molar-refractivity contribution in [2.75, 3.05) is 5.73 Å². The molecule has 2 rings (SSSR count). The first-order chi connectivity index (χ1) is 5.81. The molecule has 1 heterocycles. The number of H-pyrrole nitrogens is 1. The second kappa shape index (κ2) is 2.34. The standard InChI is InChI=1S/C8H7N3O/c9-7-1-5-3-10-11-8(5)2-6(7)4-12/h1-4H,9H2,(H,10,11). The Bertz CT molecular complexity index is 433. The lowest BCUT2D eigenvalue weighted by atomic mass is 10.1. The lowest BCUT2D eigenvalue weighted by Crippen LogP contribution is -1.91. The summed E-state index contributed by atoms with van der Waals surface area (Å²) < 4.78 is 0. The van der Waals surface area contributed by atoms with E-state index < -0.39 is 0 Å². The van der Waals surface area contributed by atoms with Crippen molar-refractivity contribution in [3.63, 3.8) is 0 Å². The number of aromatic amines is 1. The van der Waals surface area contributed by atoms with E-state index in [1.54, 1.807) is 18.3 Å². The lowest BCUT2D eigenvalue weighted by Gasteiger charge is -1.96. The van der Waals surface area contributed by atoms with Crippen molar-refractivity contribution >= 4 is 22.9 Å². The molecule has 0 unspecified atom stereocenters. The first kappa shape index (κ1) is 6.84. The zero-order chi connectivity index (χ0) is 8.55. The van der Waals surface area contributed by atoms with E-state index in [4.69, 9.17) is 5.73 Å². The average molecular weight is 161 g/mol. The van der Waals surface area contributed by atoms with Crippen LogP contribution in [-0.4, -0.2) is 16.5 Å². The summed E-state index contributed by atoms with van der Waals surface area (Å²) in [5.41, 5.74) is 7.39. The van der Waals surface area contributed by atoms with Crippen molar-refractivity contribution in [2.24, 2.45) is 0 Å². The van der Waals surface area contributed by atoms with E-state index in [2.05, 4.69) is 10.2 Å². The molecular formula is C8H7N3O. The number of rotatable bonds is 1. The molecule has 2 aromatic rings. The molecule has 0 aliphatic heterocycles. The number of hydrogen-bond acceptors (Lipinski definition) is 3. The predicted octanol–water partition coefficient (Wildman–Crippen LogP) is 0.958. The van der Waals surface area contributed by atoms with Gasteiger partial charge in [-0.1, -0.05) is 0 Å². The van der Waals surface area contributed by atoms with Crippen molar-refractivity contribution in [3.05, 3.63) is 23.9 Å². The van der Waals surface area contributed by atoms with Gasteiger partial charge < -0.3 is 5.73 Å². The summed E-state index contributed by atoms with van der Waals surface area (Å²) >= 11 is 0. The summed E-state index contributed by atoms with van der Waals surface area (Å²) in [4.78, 5) is 10.5. The first-order valence-corrected chi connectivity index (χ1v) is 3.49. The van der Waals surface area contributed by atoms with E-state index in [0.717, 1.165) is 17.2 Å². The zero-order valence-corrected chi connectivity index (χ0v) is 6.24. The van der Waals surface area contributed by atoms with Crippen LogP contribution in [-0.2, 0) is 0 Å². The zero-order valence-electron chi connectivity index (χ0n) is 6.24. The third-order valence-corrected chi connectivity index (χ3v) is 1.77. The van der Waals surface area contributed by atoms with Gasteiger partial charge in [-0.15, -0.1) is 0 Å². The molecule has 3 N–H and O–H groups in total. The highest BCUT2D eigenvalue weighted by Crippen LogP contribution is 2.18. The highest BCUT2D eigenvalue weighted by atomic mass is 16.1. The number of fused-ring (bicyclic) bond motifs is 1. The molecule has 0 aliphatic rings. The number of aldehydes is 1. The summed E-state index contributed by atoms with van der Waals surface area (Å²) in [6.07, 6.45) is 2.40. The van der Waals surface area contributed by atoms with Gasteiger partial charge in [0.05, 0.1) is 11.7 Å². The van der Waals surface area contributed by atoms with Crippen LogP contribution in [0.15, 0.2) is 18.3 Å². The van der Waals surface area contributed by atoms with Gasteiger partial charge in [-0.2, -0.15) is 5.10 Å². The second-order valence-electron chi connectivity index (χ2n) is 2.56. The molecule has 0 bridgehead atoms. The maximum atomic E-state index is 10.5. The average Bonchev–Trinajstić information content (AvgIpc) is 2.49. The molecule has 0 saturated carbocycles. The van der Waals surface area contributed by atoms with Crippen molar-refractivity contribution in [1.82, 2.24) is 10.2 Å². The third-order valence-electron chi connectivity index (χ3n) is 1.77. The molecule has 0 spiro atoms. The molecule has 0 fully saturated rings. The number of carbonyl (C=O) groups excluding carboxylic acids is 1. The van der Waals surface area contributed by atoms with Crippen molar-refractivity contribution in [1.29, 1.82) is 0 Å². The van der Waals surface area contributed by atoms with Crippen molar-refractivity contribution < 1.29 is 4.79 Å². The van der Waals surface area contributed by atoms with Gasteiger partial charge in [-0.05, 0) is 12.1 Å². The smallest absolute Gasteiger partial charge is 0.152 e. The molecule has 0 amide bonds. The van der Waals surface area contributed by atoms with Crippen molar-refractivity contribution in [3.8, 4) is 0 Å². The van der Waals surface area contributed by atoms with E-state index in [-0.39, 0.29) is 0 Å². The molecule has 0 saturated heterocycles. The third kappa shape index (κ3) is 0.852. The maximum Gasteiger partial charge on any atom is 0.152 e. The Morgan fingerprint density at radius 1 is 1.50 bits per heavy atom. The molecule has 0 aliphatic carbocycles. The van der Waals surface area contributed by atoms with Crippen LogP contribution in [0.2, 0.25) is 0 Å². The molecule has 60 valence electrons. The van der Waals surface area contributed by atoms with E-state index in [1.165, 1.54) is 0 Å². The van der Waals surface area contributed by atoms with Gasteiger partial charge >= 0.3 is 0 Å². The Morgan fingerprint density at radius 3 is 3.08 bits per heavy atom. The van der Waals surface area contributed by atoms with Gasteiger partial charge in [0.1, 0.15) is 0 Å². The Balaban J connectivity index is 2.81. The van der Waals surface area contributed by atoms with Crippen LogP contribution < -0.4 is 5.73 Å². The molecule has 1 aromatic heterocycles. The Morgan fingerprint density at radius 2 is 2.33 bits per heavy atom. The number of aromatic nitrogens is 2. The largest absolute Gasteiger partial charge is 0.398 e.